The smallest absolute Gasteiger partial charge is 0.0555 e. The summed E-state index contributed by atoms with van der Waals surface area (Å²) in [5.74, 6) is 0. The fourth-order valence-electron chi connectivity index (χ4n) is 1.08. The first kappa shape index (κ1) is 11.1. The zero-order valence-electron chi connectivity index (χ0n) is 7.90. The van der Waals surface area contributed by atoms with Crippen LogP contribution in [0.15, 0.2) is 17.3 Å². The quantitative estimate of drug-likeness (QED) is 0.190. The van der Waals surface area contributed by atoms with Crippen LogP contribution in [0.25, 0.3) is 10.4 Å². The van der Waals surface area contributed by atoms with Gasteiger partial charge in [-0.15, -0.1) is 0 Å². The fraction of sp³-hybridized carbons (Fsp3) is 0.778. The Hall–Kier alpha value is -0.950. The average molecular weight is 167 g/mol. The van der Waals surface area contributed by atoms with E-state index in [0.717, 1.165) is 12.8 Å². The monoisotopic (exact) mass is 167 g/mol. The van der Waals surface area contributed by atoms with Gasteiger partial charge < -0.3 is 0 Å². The predicted octanol–water partition coefficient (Wildman–Crippen LogP) is 3.82. The summed E-state index contributed by atoms with van der Waals surface area (Å²) in [4.78, 5) is 2.81. The molecule has 3 heteroatoms. The zero-order valence-corrected chi connectivity index (χ0v) is 7.90. The number of rotatable bonds is 6. The lowest BCUT2D eigenvalue weighted by molar-refractivity contribution is 0.620. The van der Waals surface area contributed by atoms with Crippen LogP contribution in [-0.2, 0) is 0 Å². The minimum absolute atomic E-state index is 0.0616. The van der Waals surface area contributed by atoms with Gasteiger partial charge in [-0.25, -0.2) is 0 Å². The molecule has 0 aromatic rings. The van der Waals surface area contributed by atoms with Crippen molar-refractivity contribution in [1.29, 1.82) is 0 Å². The van der Waals surface area contributed by atoms with Crippen molar-refractivity contribution in [3.8, 4) is 0 Å². The standard InChI is InChI=1S/C9H17N3/c1-3-5-6-8-9(7-4-2)11-12-10/h4,7,9H,3,5-6,8H2,1-2H3/b7-4-. The van der Waals surface area contributed by atoms with E-state index in [1.54, 1.807) is 0 Å². The van der Waals surface area contributed by atoms with Gasteiger partial charge in [-0.3, -0.25) is 0 Å². The van der Waals surface area contributed by atoms with Crippen LogP contribution in [0.4, 0.5) is 0 Å². The summed E-state index contributed by atoms with van der Waals surface area (Å²) in [5.41, 5.74) is 8.24. The molecule has 0 fully saturated rings. The lowest BCUT2D eigenvalue weighted by Gasteiger charge is -2.03. The van der Waals surface area contributed by atoms with Crippen molar-refractivity contribution >= 4 is 0 Å². The van der Waals surface area contributed by atoms with Gasteiger partial charge in [-0.05, 0) is 18.9 Å². The Labute approximate surface area is 74.1 Å². The molecule has 0 rings (SSSR count). The summed E-state index contributed by atoms with van der Waals surface area (Å²) >= 11 is 0. The minimum atomic E-state index is 0.0616. The molecule has 0 bridgehead atoms. The van der Waals surface area contributed by atoms with E-state index in [4.69, 9.17) is 5.53 Å². The molecule has 0 amide bonds. The van der Waals surface area contributed by atoms with Crippen molar-refractivity contribution in [2.45, 2.75) is 45.6 Å². The molecule has 68 valence electrons. The Morgan fingerprint density at radius 3 is 2.75 bits per heavy atom. The van der Waals surface area contributed by atoms with Crippen molar-refractivity contribution in [1.82, 2.24) is 0 Å². The lowest BCUT2D eigenvalue weighted by Crippen LogP contribution is -1.97. The highest BCUT2D eigenvalue weighted by atomic mass is 15.1. The van der Waals surface area contributed by atoms with E-state index >= 15 is 0 Å². The van der Waals surface area contributed by atoms with Crippen molar-refractivity contribution in [2.24, 2.45) is 5.11 Å². The number of hydrogen-bond acceptors (Lipinski definition) is 1. The number of allylic oxidation sites excluding steroid dienone is 1. The summed E-state index contributed by atoms with van der Waals surface area (Å²) in [6, 6.07) is 0.0616. The van der Waals surface area contributed by atoms with Crippen LogP contribution in [-0.4, -0.2) is 6.04 Å². The van der Waals surface area contributed by atoms with Gasteiger partial charge in [0.1, 0.15) is 0 Å². The molecular weight excluding hydrogens is 150 g/mol. The molecule has 0 aliphatic carbocycles. The van der Waals surface area contributed by atoms with Crippen LogP contribution in [0.5, 0.6) is 0 Å². The molecule has 1 atom stereocenters. The van der Waals surface area contributed by atoms with E-state index in [-0.39, 0.29) is 6.04 Å². The van der Waals surface area contributed by atoms with Gasteiger partial charge in [0.05, 0.1) is 6.04 Å². The highest BCUT2D eigenvalue weighted by Crippen LogP contribution is 2.07. The highest BCUT2D eigenvalue weighted by molar-refractivity contribution is 4.90. The Kier molecular flexibility index (Phi) is 7.50. The van der Waals surface area contributed by atoms with Crippen LogP contribution in [0.1, 0.15) is 39.5 Å². The van der Waals surface area contributed by atoms with Crippen LogP contribution in [0.3, 0.4) is 0 Å². The Bertz CT molecular complexity index is 169. The summed E-state index contributed by atoms with van der Waals surface area (Å²) < 4.78 is 0. The predicted molar refractivity (Wildman–Crippen MR) is 51.9 cm³/mol. The summed E-state index contributed by atoms with van der Waals surface area (Å²) in [6.45, 7) is 4.11. The Morgan fingerprint density at radius 1 is 1.50 bits per heavy atom. The summed E-state index contributed by atoms with van der Waals surface area (Å²) in [5, 5.41) is 3.68. The molecule has 0 aliphatic rings. The molecular formula is C9H17N3. The maximum Gasteiger partial charge on any atom is 0.0555 e. The lowest BCUT2D eigenvalue weighted by atomic mass is 10.1. The third kappa shape index (κ3) is 5.81. The molecule has 0 saturated heterocycles. The molecule has 0 radical (unpaired) electrons. The summed E-state index contributed by atoms with van der Waals surface area (Å²) in [6.07, 6.45) is 8.43. The van der Waals surface area contributed by atoms with E-state index in [1.165, 1.54) is 12.8 Å². The molecule has 0 heterocycles. The summed E-state index contributed by atoms with van der Waals surface area (Å²) in [7, 11) is 0. The van der Waals surface area contributed by atoms with Crippen molar-refractivity contribution in [3.63, 3.8) is 0 Å². The van der Waals surface area contributed by atoms with E-state index < -0.39 is 0 Å². The van der Waals surface area contributed by atoms with Gasteiger partial charge in [-0.1, -0.05) is 43.5 Å². The first-order valence-electron chi connectivity index (χ1n) is 4.52. The van der Waals surface area contributed by atoms with Gasteiger partial charge in [0, 0.05) is 4.91 Å². The number of nitrogens with zero attached hydrogens (tertiary/aromatic N) is 3. The first-order chi connectivity index (χ1) is 5.85. The van der Waals surface area contributed by atoms with Crippen LogP contribution in [0.2, 0.25) is 0 Å². The van der Waals surface area contributed by atoms with E-state index in [9.17, 15) is 0 Å². The SMILES string of the molecule is C/C=C\C(CCCCC)N=[N+]=[N-]. The van der Waals surface area contributed by atoms with E-state index in [2.05, 4.69) is 16.9 Å². The molecule has 0 saturated carbocycles. The first-order valence-corrected chi connectivity index (χ1v) is 4.52. The fourth-order valence-corrected chi connectivity index (χ4v) is 1.08. The maximum atomic E-state index is 8.24. The number of azide groups is 1. The van der Waals surface area contributed by atoms with Crippen LogP contribution in [0, 0.1) is 0 Å². The van der Waals surface area contributed by atoms with E-state index in [1.807, 2.05) is 19.1 Å². The third-order valence-electron chi connectivity index (χ3n) is 1.72. The highest BCUT2D eigenvalue weighted by Gasteiger charge is 1.99. The molecule has 0 spiro atoms. The maximum absolute atomic E-state index is 8.24. The van der Waals surface area contributed by atoms with Gasteiger partial charge in [0.2, 0.25) is 0 Å². The third-order valence-corrected chi connectivity index (χ3v) is 1.72. The van der Waals surface area contributed by atoms with Crippen molar-refractivity contribution < 1.29 is 0 Å². The molecule has 1 unspecified atom stereocenters. The minimum Gasteiger partial charge on any atom is -0.0913 e. The molecule has 0 aromatic heterocycles. The van der Waals surface area contributed by atoms with Gasteiger partial charge >= 0.3 is 0 Å². The molecule has 0 aliphatic heterocycles. The number of unbranched alkanes of at least 4 members (excludes halogenated alkanes) is 2. The second-order valence-corrected chi connectivity index (χ2v) is 2.79. The van der Waals surface area contributed by atoms with Crippen LogP contribution >= 0.6 is 0 Å². The Morgan fingerprint density at radius 2 is 2.25 bits per heavy atom. The molecule has 0 aromatic carbocycles. The van der Waals surface area contributed by atoms with Crippen molar-refractivity contribution in [2.75, 3.05) is 0 Å². The molecule has 3 nitrogen and oxygen atoms in total. The van der Waals surface area contributed by atoms with Gasteiger partial charge in [0.15, 0.2) is 0 Å². The average Bonchev–Trinajstić information content (AvgIpc) is 2.06. The zero-order chi connectivity index (χ0) is 9.23. The molecule has 12 heavy (non-hydrogen) atoms. The van der Waals surface area contributed by atoms with Crippen molar-refractivity contribution in [3.05, 3.63) is 22.6 Å². The van der Waals surface area contributed by atoms with Gasteiger partial charge in [-0.2, -0.15) is 0 Å². The second-order valence-electron chi connectivity index (χ2n) is 2.79. The van der Waals surface area contributed by atoms with E-state index in [0.29, 0.717) is 0 Å². The normalized spacial score (nSPS) is 12.8. The second kappa shape index (κ2) is 8.15. The van der Waals surface area contributed by atoms with Crippen LogP contribution < -0.4 is 0 Å². The topological polar surface area (TPSA) is 48.8 Å². The number of hydrogen-bond donors (Lipinski definition) is 0. The Balaban J connectivity index is 3.71. The largest absolute Gasteiger partial charge is 0.0913 e. The van der Waals surface area contributed by atoms with Gasteiger partial charge in [0.25, 0.3) is 0 Å². The molecule has 0 N–H and O–H groups in total.